The van der Waals surface area contributed by atoms with Gasteiger partial charge in [0.25, 0.3) is 0 Å². The normalized spacial score (nSPS) is 11.6. The highest BCUT2D eigenvalue weighted by atomic mass is 32.2. The molecule has 2 N–H and O–H groups in total. The second kappa shape index (κ2) is 5.17. The number of hydrogen-bond acceptors (Lipinski definition) is 2. The van der Waals surface area contributed by atoms with E-state index in [-0.39, 0.29) is 10.6 Å². The number of anilines is 1. The molecule has 0 bridgehead atoms. The zero-order chi connectivity index (χ0) is 14.0. The molecule has 0 unspecified atom stereocenters. The van der Waals surface area contributed by atoms with E-state index in [1.54, 1.807) is 6.07 Å². The highest BCUT2D eigenvalue weighted by Crippen LogP contribution is 2.40. The SMILES string of the molecule is Cc1cccc(Sc2ccc(N)cc2C(F)(F)F)c1. The van der Waals surface area contributed by atoms with E-state index in [2.05, 4.69) is 0 Å². The highest BCUT2D eigenvalue weighted by molar-refractivity contribution is 7.99. The summed E-state index contributed by atoms with van der Waals surface area (Å²) in [5.74, 6) is 0. The van der Waals surface area contributed by atoms with E-state index in [4.69, 9.17) is 5.73 Å². The largest absolute Gasteiger partial charge is 0.417 e. The summed E-state index contributed by atoms with van der Waals surface area (Å²) in [7, 11) is 0. The van der Waals surface area contributed by atoms with Crippen molar-refractivity contribution in [1.29, 1.82) is 0 Å². The van der Waals surface area contributed by atoms with Gasteiger partial charge in [-0.3, -0.25) is 0 Å². The Morgan fingerprint density at radius 1 is 1.05 bits per heavy atom. The van der Waals surface area contributed by atoms with Crippen LogP contribution < -0.4 is 5.73 Å². The summed E-state index contributed by atoms with van der Waals surface area (Å²) in [6, 6.07) is 11.2. The van der Waals surface area contributed by atoms with Gasteiger partial charge in [0.05, 0.1) is 5.56 Å². The summed E-state index contributed by atoms with van der Waals surface area (Å²) in [5.41, 5.74) is 5.86. The number of aryl methyl sites for hydroxylation is 1. The van der Waals surface area contributed by atoms with Crippen molar-refractivity contribution in [2.45, 2.75) is 22.9 Å². The molecule has 0 heterocycles. The molecule has 0 aromatic heterocycles. The fourth-order valence-corrected chi connectivity index (χ4v) is 2.73. The van der Waals surface area contributed by atoms with Gasteiger partial charge in [0, 0.05) is 15.5 Å². The zero-order valence-electron chi connectivity index (χ0n) is 10.2. The molecule has 0 saturated heterocycles. The van der Waals surface area contributed by atoms with Gasteiger partial charge in [-0.1, -0.05) is 29.5 Å². The maximum Gasteiger partial charge on any atom is 0.417 e. The van der Waals surface area contributed by atoms with E-state index >= 15 is 0 Å². The van der Waals surface area contributed by atoms with Crippen molar-refractivity contribution in [2.24, 2.45) is 0 Å². The molecule has 0 fully saturated rings. The van der Waals surface area contributed by atoms with Crippen molar-refractivity contribution in [3.8, 4) is 0 Å². The van der Waals surface area contributed by atoms with Gasteiger partial charge in [-0.2, -0.15) is 13.2 Å². The van der Waals surface area contributed by atoms with Gasteiger partial charge in [0.2, 0.25) is 0 Å². The van der Waals surface area contributed by atoms with Gasteiger partial charge < -0.3 is 5.73 Å². The van der Waals surface area contributed by atoms with Gasteiger partial charge >= 0.3 is 6.18 Å². The van der Waals surface area contributed by atoms with E-state index < -0.39 is 11.7 Å². The van der Waals surface area contributed by atoms with Crippen LogP contribution in [0.25, 0.3) is 0 Å². The van der Waals surface area contributed by atoms with E-state index in [0.29, 0.717) is 0 Å². The summed E-state index contributed by atoms with van der Waals surface area (Å²) < 4.78 is 38.8. The molecule has 1 nitrogen and oxygen atoms in total. The number of halogens is 3. The summed E-state index contributed by atoms with van der Waals surface area (Å²) >= 11 is 1.09. The first-order chi connectivity index (χ1) is 8.86. The first-order valence-corrected chi connectivity index (χ1v) is 6.39. The topological polar surface area (TPSA) is 26.0 Å². The van der Waals surface area contributed by atoms with E-state index in [1.165, 1.54) is 12.1 Å². The lowest BCUT2D eigenvalue weighted by Crippen LogP contribution is -2.07. The molecule has 0 aliphatic heterocycles. The zero-order valence-corrected chi connectivity index (χ0v) is 11.0. The Morgan fingerprint density at radius 2 is 1.79 bits per heavy atom. The maximum absolute atomic E-state index is 12.9. The lowest BCUT2D eigenvalue weighted by atomic mass is 10.2. The lowest BCUT2D eigenvalue weighted by Gasteiger charge is -2.13. The predicted octanol–water partition coefficient (Wildman–Crippen LogP) is 4.75. The van der Waals surface area contributed by atoms with Crippen LogP contribution in [0.15, 0.2) is 52.3 Å². The number of rotatable bonds is 2. The Bertz CT molecular complexity index is 593. The third kappa shape index (κ3) is 3.44. The Morgan fingerprint density at radius 3 is 2.42 bits per heavy atom. The minimum Gasteiger partial charge on any atom is -0.399 e. The van der Waals surface area contributed by atoms with Gasteiger partial charge in [-0.05, 0) is 37.3 Å². The highest BCUT2D eigenvalue weighted by Gasteiger charge is 2.33. The molecular weight excluding hydrogens is 271 g/mol. The third-order valence-electron chi connectivity index (χ3n) is 2.53. The maximum atomic E-state index is 12.9. The molecular formula is C14H12F3NS. The summed E-state index contributed by atoms with van der Waals surface area (Å²) in [4.78, 5) is 0.933. The second-order valence-electron chi connectivity index (χ2n) is 4.17. The molecule has 0 radical (unpaired) electrons. The molecule has 2 rings (SSSR count). The first-order valence-electron chi connectivity index (χ1n) is 5.57. The molecule has 2 aromatic carbocycles. The quantitative estimate of drug-likeness (QED) is 0.805. The number of nitrogens with two attached hydrogens (primary N) is 1. The minimum atomic E-state index is -4.40. The van der Waals surface area contributed by atoms with Crippen LogP contribution in [0.2, 0.25) is 0 Å². The third-order valence-corrected chi connectivity index (χ3v) is 3.59. The number of hydrogen-bond donors (Lipinski definition) is 1. The van der Waals surface area contributed by atoms with Crippen LogP contribution >= 0.6 is 11.8 Å². The monoisotopic (exact) mass is 283 g/mol. The van der Waals surface area contributed by atoms with Crippen LogP contribution in [0.1, 0.15) is 11.1 Å². The average molecular weight is 283 g/mol. The van der Waals surface area contributed by atoms with E-state index in [1.807, 2.05) is 25.1 Å². The average Bonchev–Trinajstić information content (AvgIpc) is 2.30. The van der Waals surface area contributed by atoms with Crippen LogP contribution in [-0.4, -0.2) is 0 Å². The molecule has 0 atom stereocenters. The van der Waals surface area contributed by atoms with Crippen LogP contribution in [-0.2, 0) is 6.18 Å². The van der Waals surface area contributed by atoms with Crippen LogP contribution in [0.5, 0.6) is 0 Å². The standard InChI is InChI=1S/C14H12F3NS/c1-9-3-2-4-11(7-9)19-13-6-5-10(18)8-12(13)14(15,16)17/h2-8H,18H2,1H3. The van der Waals surface area contributed by atoms with Crippen molar-refractivity contribution in [1.82, 2.24) is 0 Å². The minimum absolute atomic E-state index is 0.112. The molecule has 5 heteroatoms. The molecule has 0 aliphatic carbocycles. The Hall–Kier alpha value is -1.62. The van der Waals surface area contributed by atoms with Gasteiger partial charge in [-0.25, -0.2) is 0 Å². The van der Waals surface area contributed by atoms with Crippen LogP contribution in [0.4, 0.5) is 18.9 Å². The number of alkyl halides is 3. The Labute approximate surface area is 113 Å². The van der Waals surface area contributed by atoms with Crippen molar-refractivity contribution >= 4 is 17.4 Å². The second-order valence-corrected chi connectivity index (χ2v) is 5.29. The van der Waals surface area contributed by atoms with Crippen LogP contribution in [0.3, 0.4) is 0 Å². The van der Waals surface area contributed by atoms with Crippen molar-refractivity contribution in [3.63, 3.8) is 0 Å². The van der Waals surface area contributed by atoms with Gasteiger partial charge in [-0.15, -0.1) is 0 Å². The van der Waals surface area contributed by atoms with Gasteiger partial charge in [0.1, 0.15) is 0 Å². The fraction of sp³-hybridized carbons (Fsp3) is 0.143. The predicted molar refractivity (Wildman–Crippen MR) is 71.2 cm³/mol. The Kier molecular flexibility index (Phi) is 3.75. The van der Waals surface area contributed by atoms with E-state index in [9.17, 15) is 13.2 Å². The summed E-state index contributed by atoms with van der Waals surface area (Å²) in [6.07, 6.45) is -4.40. The molecule has 0 aliphatic rings. The summed E-state index contributed by atoms with van der Waals surface area (Å²) in [6.45, 7) is 1.90. The molecule has 0 saturated carbocycles. The van der Waals surface area contributed by atoms with Crippen molar-refractivity contribution in [3.05, 3.63) is 53.6 Å². The van der Waals surface area contributed by atoms with Gasteiger partial charge in [0.15, 0.2) is 0 Å². The smallest absolute Gasteiger partial charge is 0.399 e. The molecule has 0 spiro atoms. The Balaban J connectivity index is 2.40. The number of benzene rings is 2. The summed E-state index contributed by atoms with van der Waals surface area (Å²) in [5, 5.41) is 0. The van der Waals surface area contributed by atoms with Crippen molar-refractivity contribution in [2.75, 3.05) is 5.73 Å². The molecule has 100 valence electrons. The van der Waals surface area contributed by atoms with Crippen LogP contribution in [0, 0.1) is 6.92 Å². The first kappa shape index (κ1) is 13.8. The molecule has 2 aromatic rings. The van der Waals surface area contributed by atoms with E-state index in [0.717, 1.165) is 28.3 Å². The molecule has 19 heavy (non-hydrogen) atoms. The fourth-order valence-electron chi connectivity index (χ4n) is 1.66. The number of nitrogen functional groups attached to an aromatic ring is 1. The van der Waals surface area contributed by atoms with Crippen molar-refractivity contribution < 1.29 is 13.2 Å². The molecule has 0 amide bonds. The lowest BCUT2D eigenvalue weighted by molar-refractivity contribution is -0.139.